The summed E-state index contributed by atoms with van der Waals surface area (Å²) in [6.07, 6.45) is -1.16. The number of nitrogens with one attached hydrogen (secondary N) is 6. The molecule has 6 N–H and O–H groups in total. The molecule has 0 radical (unpaired) electrons. The Morgan fingerprint density at radius 1 is 0.708 bits per heavy atom. The predicted octanol–water partition coefficient (Wildman–Crippen LogP) is 2.24. The number of para-hydroxylation sites is 2. The molecule has 0 amide bonds. The van der Waals surface area contributed by atoms with Crippen LogP contribution >= 0.6 is 0 Å². The highest BCUT2D eigenvalue weighted by atomic mass is 16.9. The maximum absolute atomic E-state index is 11.3. The van der Waals surface area contributed by atoms with E-state index in [1.54, 1.807) is 48.5 Å². The fourth-order valence-electron chi connectivity index (χ4n) is 1.59. The Morgan fingerprint density at radius 2 is 1.08 bits per heavy atom. The number of carbonyl (C=O) groups excluding carboxylic acids is 1. The van der Waals surface area contributed by atoms with E-state index < -0.39 is 6.16 Å². The van der Waals surface area contributed by atoms with Gasteiger partial charge in [0.15, 0.2) is 0 Å². The van der Waals surface area contributed by atoms with E-state index in [0.29, 0.717) is 11.4 Å². The molecule has 9 heteroatoms. The van der Waals surface area contributed by atoms with E-state index in [2.05, 4.69) is 31.3 Å². The lowest BCUT2D eigenvalue weighted by atomic mass is 10.3. The minimum atomic E-state index is -1.16. The number of hydroxylamine groups is 2. The summed E-state index contributed by atoms with van der Waals surface area (Å²) in [5.41, 5.74) is 5.45. The highest BCUT2D eigenvalue weighted by Gasteiger charge is 2.08. The van der Waals surface area contributed by atoms with Crippen molar-refractivity contribution in [3.8, 4) is 0 Å². The van der Waals surface area contributed by atoms with Crippen LogP contribution in [-0.4, -0.2) is 18.1 Å². The van der Waals surface area contributed by atoms with E-state index in [0.717, 1.165) is 0 Å². The Morgan fingerprint density at radius 3 is 1.46 bits per heavy atom. The van der Waals surface area contributed by atoms with Crippen LogP contribution in [-0.2, 0) is 9.68 Å². The van der Waals surface area contributed by atoms with Gasteiger partial charge in [0.2, 0.25) is 11.9 Å². The Bertz CT molecular complexity index is 633. The lowest BCUT2D eigenvalue weighted by Crippen LogP contribution is -2.36. The molecule has 124 valence electrons. The Labute approximate surface area is 137 Å². The molecular formula is C15H16N6O3. The number of hydrogen-bond donors (Lipinski definition) is 6. The van der Waals surface area contributed by atoms with Crippen LogP contribution in [0.2, 0.25) is 0 Å². The highest BCUT2D eigenvalue weighted by Crippen LogP contribution is 2.04. The van der Waals surface area contributed by atoms with Crippen molar-refractivity contribution in [1.82, 2.24) is 11.0 Å². The highest BCUT2D eigenvalue weighted by molar-refractivity contribution is 5.92. The first-order valence-electron chi connectivity index (χ1n) is 6.84. The molecule has 0 spiro atoms. The predicted molar refractivity (Wildman–Crippen MR) is 89.4 cm³/mol. The van der Waals surface area contributed by atoms with Crippen molar-refractivity contribution in [2.45, 2.75) is 0 Å². The van der Waals surface area contributed by atoms with Gasteiger partial charge in [-0.05, 0) is 24.3 Å². The smallest absolute Gasteiger partial charge is 0.324 e. The van der Waals surface area contributed by atoms with Crippen LogP contribution in [0.25, 0.3) is 0 Å². The minimum absolute atomic E-state index is 0.254. The zero-order chi connectivity index (χ0) is 17.2. The standard InChI is InChI=1S/C15H16N6O3/c16-13(18-11-7-3-1-4-8-11)20-23-15(22)24-21-14(17)19-12-9-5-2-6-10-12/h1-10H,(H3,16,18,20)(H3,17,19,21). The van der Waals surface area contributed by atoms with Crippen molar-refractivity contribution < 1.29 is 14.5 Å². The summed E-state index contributed by atoms with van der Waals surface area (Å²) < 4.78 is 0. The van der Waals surface area contributed by atoms with Crippen molar-refractivity contribution >= 4 is 29.4 Å². The number of anilines is 2. The zero-order valence-electron chi connectivity index (χ0n) is 12.5. The van der Waals surface area contributed by atoms with E-state index in [1.165, 1.54) is 0 Å². The molecule has 0 fully saturated rings. The molecule has 24 heavy (non-hydrogen) atoms. The molecule has 9 nitrogen and oxygen atoms in total. The molecule has 2 aromatic carbocycles. The topological polar surface area (TPSA) is 131 Å². The molecule has 0 aliphatic heterocycles. The van der Waals surface area contributed by atoms with Gasteiger partial charge in [0.25, 0.3) is 0 Å². The third-order valence-electron chi connectivity index (χ3n) is 2.56. The summed E-state index contributed by atoms with van der Waals surface area (Å²) in [4.78, 5) is 20.3. The van der Waals surface area contributed by atoms with Gasteiger partial charge >= 0.3 is 6.16 Å². The van der Waals surface area contributed by atoms with Crippen LogP contribution in [0.3, 0.4) is 0 Å². The van der Waals surface area contributed by atoms with E-state index >= 15 is 0 Å². The first kappa shape index (κ1) is 16.6. The van der Waals surface area contributed by atoms with Crippen molar-refractivity contribution in [3.63, 3.8) is 0 Å². The average Bonchev–Trinajstić information content (AvgIpc) is 2.60. The van der Waals surface area contributed by atoms with Crippen molar-refractivity contribution in [2.24, 2.45) is 0 Å². The molecule has 2 aromatic rings. The van der Waals surface area contributed by atoms with Crippen LogP contribution in [0.5, 0.6) is 0 Å². The summed E-state index contributed by atoms with van der Waals surface area (Å²) in [5, 5.41) is 20.4. The van der Waals surface area contributed by atoms with Gasteiger partial charge < -0.3 is 20.3 Å². The molecule has 0 atom stereocenters. The summed E-state index contributed by atoms with van der Waals surface area (Å²) in [5.74, 6) is -0.508. The second-order valence-electron chi connectivity index (χ2n) is 4.39. The first-order chi connectivity index (χ1) is 11.6. The molecule has 0 heterocycles. The van der Waals surface area contributed by atoms with Gasteiger partial charge in [0.05, 0.1) is 0 Å². The molecule has 0 aliphatic carbocycles. The molecule has 0 unspecified atom stereocenters. The largest absolute Gasteiger partial charge is 0.558 e. The molecule has 2 rings (SSSR count). The number of benzene rings is 2. The number of guanidine groups is 2. The normalized spacial score (nSPS) is 9.33. The van der Waals surface area contributed by atoms with E-state index in [9.17, 15) is 4.79 Å². The van der Waals surface area contributed by atoms with Crippen molar-refractivity contribution in [1.29, 1.82) is 10.8 Å². The Balaban J connectivity index is 1.64. The van der Waals surface area contributed by atoms with Gasteiger partial charge in [-0.3, -0.25) is 10.8 Å². The lowest BCUT2D eigenvalue weighted by Gasteiger charge is -2.11. The Kier molecular flexibility index (Phi) is 5.98. The molecule has 0 aromatic heterocycles. The average molecular weight is 328 g/mol. The maximum Gasteiger partial charge on any atom is 0.558 e. The summed E-state index contributed by atoms with van der Waals surface area (Å²) in [6, 6.07) is 17.8. The van der Waals surface area contributed by atoms with Crippen LogP contribution < -0.4 is 21.6 Å². The van der Waals surface area contributed by atoms with E-state index in [4.69, 9.17) is 10.8 Å². The van der Waals surface area contributed by atoms with Crippen molar-refractivity contribution in [3.05, 3.63) is 60.7 Å². The van der Waals surface area contributed by atoms with Crippen LogP contribution in [0.15, 0.2) is 60.7 Å². The number of rotatable bonds is 2. The fourth-order valence-corrected chi connectivity index (χ4v) is 1.59. The number of carbonyl (C=O) groups is 1. The third-order valence-corrected chi connectivity index (χ3v) is 2.56. The van der Waals surface area contributed by atoms with Gasteiger partial charge in [-0.1, -0.05) is 36.4 Å². The van der Waals surface area contributed by atoms with Crippen molar-refractivity contribution in [2.75, 3.05) is 10.6 Å². The molecule has 0 saturated carbocycles. The quantitative estimate of drug-likeness (QED) is 0.283. The molecule has 0 aliphatic rings. The minimum Gasteiger partial charge on any atom is -0.324 e. The van der Waals surface area contributed by atoms with Gasteiger partial charge in [-0.15, -0.1) is 0 Å². The third kappa shape index (κ3) is 5.93. The summed E-state index contributed by atoms with van der Waals surface area (Å²) in [7, 11) is 0. The number of hydrogen-bond acceptors (Lipinski definition) is 5. The van der Waals surface area contributed by atoms with Gasteiger partial charge in [0.1, 0.15) is 0 Å². The fraction of sp³-hybridized carbons (Fsp3) is 0. The second kappa shape index (κ2) is 8.63. The van der Waals surface area contributed by atoms with Crippen LogP contribution in [0.1, 0.15) is 0 Å². The Hall–Kier alpha value is -3.75. The van der Waals surface area contributed by atoms with Crippen LogP contribution in [0, 0.1) is 10.8 Å². The molecule has 0 bridgehead atoms. The molecular weight excluding hydrogens is 312 g/mol. The monoisotopic (exact) mass is 328 g/mol. The van der Waals surface area contributed by atoms with E-state index in [-0.39, 0.29) is 11.9 Å². The van der Waals surface area contributed by atoms with Gasteiger partial charge in [-0.25, -0.2) is 0 Å². The lowest BCUT2D eigenvalue weighted by molar-refractivity contribution is 0.0180. The van der Waals surface area contributed by atoms with Gasteiger partial charge in [-0.2, -0.15) is 15.8 Å². The molecule has 0 saturated heterocycles. The van der Waals surface area contributed by atoms with Crippen LogP contribution in [0.4, 0.5) is 16.2 Å². The van der Waals surface area contributed by atoms with Gasteiger partial charge in [0, 0.05) is 11.4 Å². The first-order valence-corrected chi connectivity index (χ1v) is 6.84. The van der Waals surface area contributed by atoms with E-state index in [1.807, 2.05) is 12.1 Å². The SMILES string of the molecule is N=C(NOC(=O)ONC(=N)Nc1ccccc1)Nc1ccccc1. The zero-order valence-corrected chi connectivity index (χ0v) is 12.5. The maximum atomic E-state index is 11.3. The summed E-state index contributed by atoms with van der Waals surface area (Å²) >= 11 is 0. The second-order valence-corrected chi connectivity index (χ2v) is 4.39. The summed E-state index contributed by atoms with van der Waals surface area (Å²) in [6.45, 7) is 0.